The summed E-state index contributed by atoms with van der Waals surface area (Å²) in [6.45, 7) is 2.72. The number of aliphatic hydroxyl groups is 1. The topological polar surface area (TPSA) is 46.5 Å². The Morgan fingerprint density at radius 2 is 1.54 bits per heavy atom. The van der Waals surface area contributed by atoms with Gasteiger partial charge in [-0.2, -0.15) is 0 Å². The van der Waals surface area contributed by atoms with Crippen molar-refractivity contribution in [2.45, 2.75) is 82.8 Å². The maximum absolute atomic E-state index is 13.1. The fraction of sp³-hybridized carbons (Fsp3) is 0.560. The highest BCUT2D eigenvalue weighted by Crippen LogP contribution is 2.28. The fourth-order valence-corrected chi connectivity index (χ4v) is 3.66. The largest absolute Gasteiger partial charge is 0.385 e. The van der Waals surface area contributed by atoms with E-state index in [1.807, 2.05) is 18.2 Å². The van der Waals surface area contributed by atoms with Crippen LogP contribution in [-0.2, 0) is 4.74 Å². The van der Waals surface area contributed by atoms with Crippen molar-refractivity contribution in [3.05, 3.63) is 60.2 Å². The molecule has 2 rings (SSSR count). The Labute approximate surface area is 170 Å². The number of hydrogen-bond donors (Lipinski definition) is 1. The molecule has 0 spiro atoms. The number of rotatable bonds is 14. The third-order valence-electron chi connectivity index (χ3n) is 5.42. The summed E-state index contributed by atoms with van der Waals surface area (Å²) in [7, 11) is 0. The molecule has 0 aliphatic heterocycles. The number of ketones is 1. The lowest BCUT2D eigenvalue weighted by Crippen LogP contribution is -2.50. The first-order valence-corrected chi connectivity index (χ1v) is 11.0. The van der Waals surface area contributed by atoms with Gasteiger partial charge >= 0.3 is 0 Å². The third-order valence-corrected chi connectivity index (χ3v) is 5.42. The van der Waals surface area contributed by atoms with Crippen LogP contribution in [0.15, 0.2) is 54.6 Å². The number of Topliss-reactive ketones (excluding diaryl/α,β-unsaturated/α-hetero) is 1. The molecular weight excluding hydrogens is 348 g/mol. The van der Waals surface area contributed by atoms with Crippen molar-refractivity contribution >= 4 is 5.78 Å². The van der Waals surface area contributed by atoms with E-state index in [-0.39, 0.29) is 5.78 Å². The molecule has 0 saturated heterocycles. The SMILES string of the molecule is CCCCCCCCCCCCOC1(C(=O)c2ccccc2)C=CC=CC1O. The molecule has 3 heteroatoms. The van der Waals surface area contributed by atoms with Crippen LogP contribution < -0.4 is 0 Å². The van der Waals surface area contributed by atoms with E-state index in [4.69, 9.17) is 4.74 Å². The molecule has 0 amide bonds. The minimum absolute atomic E-state index is 0.187. The summed E-state index contributed by atoms with van der Waals surface area (Å²) in [5, 5.41) is 10.5. The van der Waals surface area contributed by atoms with Gasteiger partial charge in [0.15, 0.2) is 5.60 Å². The maximum Gasteiger partial charge on any atom is 0.201 e. The Kier molecular flexibility index (Phi) is 10.2. The summed E-state index contributed by atoms with van der Waals surface area (Å²) in [5.41, 5.74) is -0.750. The fourth-order valence-electron chi connectivity index (χ4n) is 3.66. The number of allylic oxidation sites excluding steroid dienone is 2. The van der Waals surface area contributed by atoms with Crippen molar-refractivity contribution in [1.82, 2.24) is 0 Å². The molecule has 0 radical (unpaired) electrons. The Morgan fingerprint density at radius 3 is 2.14 bits per heavy atom. The van der Waals surface area contributed by atoms with Crippen LogP contribution in [0.25, 0.3) is 0 Å². The van der Waals surface area contributed by atoms with Crippen LogP contribution in [0.5, 0.6) is 0 Å². The Morgan fingerprint density at radius 1 is 0.929 bits per heavy atom. The van der Waals surface area contributed by atoms with Crippen molar-refractivity contribution in [2.75, 3.05) is 6.61 Å². The molecule has 3 nitrogen and oxygen atoms in total. The summed E-state index contributed by atoms with van der Waals surface area (Å²) in [6.07, 6.45) is 18.4. The van der Waals surface area contributed by atoms with Gasteiger partial charge in [0.2, 0.25) is 5.78 Å². The molecule has 28 heavy (non-hydrogen) atoms. The lowest BCUT2D eigenvalue weighted by molar-refractivity contribution is -0.0540. The molecule has 1 aromatic rings. The van der Waals surface area contributed by atoms with Gasteiger partial charge in [-0.25, -0.2) is 0 Å². The highest BCUT2D eigenvalue weighted by molar-refractivity contribution is 6.04. The zero-order valence-electron chi connectivity index (χ0n) is 17.3. The molecule has 1 aliphatic carbocycles. The van der Waals surface area contributed by atoms with E-state index in [1.54, 1.807) is 36.4 Å². The van der Waals surface area contributed by atoms with E-state index in [0.29, 0.717) is 12.2 Å². The standard InChI is InChI=1S/C25H36O3/c1-2-3-4-5-6-7-8-9-10-16-21-28-25(20-15-14-19-23(25)26)24(27)22-17-12-11-13-18-22/h11-15,17-20,23,26H,2-10,16,21H2,1H3. The van der Waals surface area contributed by atoms with Crippen LogP contribution in [-0.4, -0.2) is 29.2 Å². The minimum Gasteiger partial charge on any atom is -0.385 e. The average molecular weight is 385 g/mol. The lowest BCUT2D eigenvalue weighted by atomic mass is 9.84. The summed E-state index contributed by atoms with van der Waals surface area (Å²) in [5.74, 6) is -0.187. The van der Waals surface area contributed by atoms with Gasteiger partial charge in [0.05, 0.1) is 0 Å². The van der Waals surface area contributed by atoms with Crippen molar-refractivity contribution < 1.29 is 14.6 Å². The molecule has 2 atom stereocenters. The number of hydrogen-bond acceptors (Lipinski definition) is 3. The number of ether oxygens (including phenoxy) is 1. The van der Waals surface area contributed by atoms with E-state index in [9.17, 15) is 9.90 Å². The van der Waals surface area contributed by atoms with Crippen LogP contribution in [0.1, 0.15) is 81.5 Å². The van der Waals surface area contributed by atoms with E-state index in [0.717, 1.165) is 12.8 Å². The molecule has 0 heterocycles. The first-order valence-electron chi connectivity index (χ1n) is 11.0. The van der Waals surface area contributed by atoms with E-state index < -0.39 is 11.7 Å². The van der Waals surface area contributed by atoms with Crippen molar-refractivity contribution in [2.24, 2.45) is 0 Å². The summed E-state index contributed by atoms with van der Waals surface area (Å²) in [6, 6.07) is 9.08. The Hall–Kier alpha value is -1.71. The quantitative estimate of drug-likeness (QED) is 0.314. The first-order chi connectivity index (χ1) is 13.7. The van der Waals surface area contributed by atoms with E-state index in [2.05, 4.69) is 6.92 Å². The normalized spacial score (nSPS) is 21.1. The second kappa shape index (κ2) is 12.7. The van der Waals surface area contributed by atoms with Gasteiger partial charge in [-0.15, -0.1) is 0 Å². The average Bonchev–Trinajstić information content (AvgIpc) is 2.73. The number of aliphatic hydroxyl groups excluding tert-OH is 1. The van der Waals surface area contributed by atoms with E-state index >= 15 is 0 Å². The van der Waals surface area contributed by atoms with Gasteiger partial charge in [-0.05, 0) is 12.5 Å². The molecular formula is C25H36O3. The minimum atomic E-state index is -1.31. The molecule has 0 fully saturated rings. The third kappa shape index (κ3) is 6.72. The Bertz CT molecular complexity index is 620. The zero-order valence-corrected chi connectivity index (χ0v) is 17.3. The molecule has 2 unspecified atom stereocenters. The van der Waals surface area contributed by atoms with Crippen LogP contribution in [0.3, 0.4) is 0 Å². The maximum atomic E-state index is 13.1. The van der Waals surface area contributed by atoms with Crippen LogP contribution >= 0.6 is 0 Å². The zero-order chi connectivity index (χ0) is 20.1. The predicted octanol–water partition coefficient (Wildman–Crippen LogP) is 6.03. The molecule has 1 N–H and O–H groups in total. The molecule has 1 aliphatic rings. The van der Waals surface area contributed by atoms with Crippen molar-refractivity contribution in [3.63, 3.8) is 0 Å². The smallest absolute Gasteiger partial charge is 0.201 e. The highest BCUT2D eigenvalue weighted by atomic mass is 16.5. The summed E-state index contributed by atoms with van der Waals surface area (Å²) in [4.78, 5) is 13.1. The molecule has 0 saturated carbocycles. The second-order valence-corrected chi connectivity index (χ2v) is 7.71. The number of benzene rings is 1. The highest BCUT2D eigenvalue weighted by Gasteiger charge is 2.44. The van der Waals surface area contributed by atoms with Gasteiger partial charge in [0, 0.05) is 12.2 Å². The van der Waals surface area contributed by atoms with Gasteiger partial charge in [0.25, 0.3) is 0 Å². The van der Waals surface area contributed by atoms with Crippen LogP contribution in [0.2, 0.25) is 0 Å². The van der Waals surface area contributed by atoms with Gasteiger partial charge in [-0.3, -0.25) is 4.79 Å². The van der Waals surface area contributed by atoms with Gasteiger partial charge in [0.1, 0.15) is 6.10 Å². The number of unbranched alkanes of at least 4 members (excludes halogenated alkanes) is 9. The predicted molar refractivity (Wildman–Crippen MR) is 116 cm³/mol. The molecule has 154 valence electrons. The monoisotopic (exact) mass is 384 g/mol. The Balaban J connectivity index is 1.75. The number of carbonyl (C=O) groups is 1. The molecule has 1 aromatic carbocycles. The van der Waals surface area contributed by atoms with E-state index in [1.165, 1.54) is 51.4 Å². The van der Waals surface area contributed by atoms with Crippen molar-refractivity contribution in [3.8, 4) is 0 Å². The summed E-state index contributed by atoms with van der Waals surface area (Å²) < 4.78 is 6.03. The lowest BCUT2D eigenvalue weighted by Gasteiger charge is -2.34. The molecule has 0 aromatic heterocycles. The van der Waals surface area contributed by atoms with Gasteiger partial charge in [-0.1, -0.05) is 113 Å². The number of carbonyl (C=O) groups excluding carboxylic acids is 1. The first kappa shape index (κ1) is 22.6. The van der Waals surface area contributed by atoms with Crippen LogP contribution in [0.4, 0.5) is 0 Å². The van der Waals surface area contributed by atoms with Crippen molar-refractivity contribution in [1.29, 1.82) is 0 Å². The van der Waals surface area contributed by atoms with Crippen LogP contribution in [0, 0.1) is 0 Å². The second-order valence-electron chi connectivity index (χ2n) is 7.71. The molecule has 0 bridgehead atoms. The summed E-state index contributed by atoms with van der Waals surface area (Å²) >= 11 is 0. The van der Waals surface area contributed by atoms with Gasteiger partial charge < -0.3 is 9.84 Å².